The first-order chi connectivity index (χ1) is 19.2. The van der Waals surface area contributed by atoms with E-state index in [0.29, 0.717) is 62.1 Å². The van der Waals surface area contributed by atoms with Gasteiger partial charge in [-0.3, -0.25) is 9.59 Å². The summed E-state index contributed by atoms with van der Waals surface area (Å²) in [6.07, 6.45) is -0.696. The zero-order chi connectivity index (χ0) is 28.3. The molecule has 0 radical (unpaired) electrons. The van der Waals surface area contributed by atoms with Gasteiger partial charge >= 0.3 is 0 Å². The maximum Gasteiger partial charge on any atom is 0.267 e. The lowest BCUT2D eigenvalue weighted by molar-refractivity contribution is -0.125. The molecule has 10 nitrogen and oxygen atoms in total. The van der Waals surface area contributed by atoms with Crippen LogP contribution in [0.1, 0.15) is 22.8 Å². The van der Waals surface area contributed by atoms with Crippen molar-refractivity contribution in [3.8, 4) is 11.5 Å². The highest BCUT2D eigenvalue weighted by molar-refractivity contribution is 7.89. The maximum atomic E-state index is 12.9. The van der Waals surface area contributed by atoms with E-state index in [9.17, 15) is 18.0 Å². The highest BCUT2D eigenvalue weighted by atomic mass is 32.2. The Morgan fingerprint density at radius 1 is 1.05 bits per heavy atom. The van der Waals surface area contributed by atoms with Gasteiger partial charge in [0.25, 0.3) is 11.8 Å². The molecule has 0 bridgehead atoms. The van der Waals surface area contributed by atoms with Crippen LogP contribution in [0.5, 0.6) is 11.5 Å². The molecule has 0 saturated carbocycles. The molecule has 0 aromatic heterocycles. The molecule has 1 fully saturated rings. The molecule has 1 unspecified atom stereocenters. The van der Waals surface area contributed by atoms with Crippen LogP contribution in [0.3, 0.4) is 0 Å². The number of ether oxygens (including phenoxy) is 3. The number of rotatable bonds is 8. The van der Waals surface area contributed by atoms with Crippen LogP contribution in [-0.4, -0.2) is 70.1 Å². The van der Waals surface area contributed by atoms with Crippen molar-refractivity contribution in [2.75, 3.05) is 49.7 Å². The molecule has 11 heteroatoms. The summed E-state index contributed by atoms with van der Waals surface area (Å²) in [5.74, 6) is 0.619. The van der Waals surface area contributed by atoms with Crippen LogP contribution in [0.2, 0.25) is 0 Å². The van der Waals surface area contributed by atoms with Crippen molar-refractivity contribution in [1.82, 2.24) is 4.31 Å². The van der Waals surface area contributed by atoms with Gasteiger partial charge in [0, 0.05) is 30.4 Å². The lowest BCUT2D eigenvalue weighted by Crippen LogP contribution is -2.46. The topological polar surface area (TPSA) is 114 Å². The van der Waals surface area contributed by atoms with E-state index in [1.165, 1.54) is 28.6 Å². The third kappa shape index (κ3) is 5.96. The van der Waals surface area contributed by atoms with Gasteiger partial charge in [-0.15, -0.1) is 0 Å². The van der Waals surface area contributed by atoms with E-state index in [-0.39, 0.29) is 10.8 Å². The summed E-state index contributed by atoms with van der Waals surface area (Å²) in [6, 6.07) is 18.6. The Morgan fingerprint density at radius 3 is 2.52 bits per heavy atom. The number of anilines is 2. The summed E-state index contributed by atoms with van der Waals surface area (Å²) in [5, 5.41) is 2.82. The third-order valence-electron chi connectivity index (χ3n) is 6.72. The Hall–Kier alpha value is -3.93. The fourth-order valence-electron chi connectivity index (χ4n) is 4.60. The largest absolute Gasteiger partial charge is 0.492 e. The molecule has 1 saturated heterocycles. The maximum absolute atomic E-state index is 12.9. The summed E-state index contributed by atoms with van der Waals surface area (Å²) >= 11 is 0. The first-order valence-electron chi connectivity index (χ1n) is 13.0. The van der Waals surface area contributed by atoms with Gasteiger partial charge in [-0.25, -0.2) is 8.42 Å². The zero-order valence-electron chi connectivity index (χ0n) is 22.3. The molecule has 1 atom stereocenters. The predicted molar refractivity (Wildman–Crippen MR) is 150 cm³/mol. The Bertz CT molecular complexity index is 1500. The van der Waals surface area contributed by atoms with Crippen molar-refractivity contribution < 1.29 is 32.2 Å². The Balaban J connectivity index is 1.25. The fraction of sp³-hybridized carbons (Fsp3) is 0.310. The lowest BCUT2D eigenvalue weighted by Gasteiger charge is -2.33. The zero-order valence-corrected chi connectivity index (χ0v) is 23.1. The molecule has 2 aliphatic rings. The van der Waals surface area contributed by atoms with Crippen LogP contribution >= 0.6 is 0 Å². The average molecular weight is 566 g/mol. The number of nitrogens with zero attached hydrogens (tertiary/aromatic N) is 2. The van der Waals surface area contributed by atoms with Gasteiger partial charge in [0.05, 0.1) is 30.3 Å². The van der Waals surface area contributed by atoms with E-state index in [0.717, 1.165) is 11.3 Å². The van der Waals surface area contributed by atoms with E-state index in [1.807, 2.05) is 31.2 Å². The molecule has 2 heterocycles. The van der Waals surface area contributed by atoms with Crippen molar-refractivity contribution >= 4 is 33.2 Å². The quantitative estimate of drug-likeness (QED) is 0.445. The summed E-state index contributed by atoms with van der Waals surface area (Å²) in [5.41, 5.74) is 2.46. The number of benzene rings is 3. The van der Waals surface area contributed by atoms with Crippen molar-refractivity contribution in [1.29, 1.82) is 0 Å². The van der Waals surface area contributed by atoms with Gasteiger partial charge in [0.2, 0.25) is 10.0 Å². The molecular formula is C29H31N3O7S. The molecule has 3 aromatic carbocycles. The number of nitrogens with one attached hydrogen (secondary N) is 1. The van der Waals surface area contributed by atoms with Crippen molar-refractivity contribution in [3.05, 3.63) is 77.9 Å². The van der Waals surface area contributed by atoms with Crippen LogP contribution in [0.25, 0.3) is 0 Å². The molecule has 2 aliphatic heterocycles. The fourth-order valence-corrected chi connectivity index (χ4v) is 6.00. The second-order valence-corrected chi connectivity index (χ2v) is 11.5. The van der Waals surface area contributed by atoms with E-state index >= 15 is 0 Å². The molecule has 5 rings (SSSR count). The van der Waals surface area contributed by atoms with Crippen LogP contribution in [0.15, 0.2) is 71.6 Å². The number of amides is 2. The van der Waals surface area contributed by atoms with E-state index < -0.39 is 22.0 Å². The highest BCUT2D eigenvalue weighted by Gasteiger charge is 2.32. The first kappa shape index (κ1) is 27.6. The van der Waals surface area contributed by atoms with Crippen LogP contribution in [0, 0.1) is 6.92 Å². The minimum absolute atomic E-state index is 0.123. The van der Waals surface area contributed by atoms with Crippen LogP contribution in [0.4, 0.5) is 11.4 Å². The van der Waals surface area contributed by atoms with Gasteiger partial charge in [-0.2, -0.15) is 4.31 Å². The lowest BCUT2D eigenvalue weighted by atomic mass is 10.1. The Morgan fingerprint density at radius 2 is 1.80 bits per heavy atom. The summed E-state index contributed by atoms with van der Waals surface area (Å²) in [7, 11) is -3.65. The summed E-state index contributed by atoms with van der Waals surface area (Å²) in [4.78, 5) is 27.5. The van der Waals surface area contributed by atoms with Gasteiger partial charge in [0.1, 0.15) is 18.1 Å². The summed E-state index contributed by atoms with van der Waals surface area (Å²) in [6.45, 7) is 5.61. The third-order valence-corrected chi connectivity index (χ3v) is 8.64. The smallest absolute Gasteiger partial charge is 0.267 e. The second kappa shape index (κ2) is 11.7. The minimum atomic E-state index is -3.65. The standard InChI is InChI=1S/C29H31N3O7S/c1-20-4-3-5-24(18-20)38-17-14-32-26-11-8-23(19-27(26)39-21(2)29(32)34)30-28(33)22-6-9-25(10-7-22)40(35,36)31-12-15-37-16-13-31/h3-11,18-19,21H,12-17H2,1-2H3,(H,30,33). The van der Waals surface area contributed by atoms with Gasteiger partial charge in [-0.05, 0) is 67.9 Å². The number of hydrogen-bond acceptors (Lipinski definition) is 7. The number of aryl methyl sites for hydroxylation is 1. The predicted octanol–water partition coefficient (Wildman–Crippen LogP) is 3.46. The van der Waals surface area contributed by atoms with Crippen LogP contribution in [-0.2, 0) is 19.6 Å². The van der Waals surface area contributed by atoms with Crippen LogP contribution < -0.4 is 19.7 Å². The van der Waals surface area contributed by atoms with Gasteiger partial charge in [0.15, 0.2) is 6.10 Å². The highest BCUT2D eigenvalue weighted by Crippen LogP contribution is 2.36. The summed E-state index contributed by atoms with van der Waals surface area (Å²) < 4.78 is 44.0. The molecule has 2 amide bonds. The molecular weight excluding hydrogens is 534 g/mol. The van der Waals surface area contributed by atoms with E-state index in [1.54, 1.807) is 30.0 Å². The monoisotopic (exact) mass is 565 g/mol. The normalized spacial score (nSPS) is 17.6. The molecule has 40 heavy (non-hydrogen) atoms. The number of hydrogen-bond donors (Lipinski definition) is 1. The Labute approximate surface area is 233 Å². The molecule has 0 aliphatic carbocycles. The minimum Gasteiger partial charge on any atom is -0.492 e. The van der Waals surface area contributed by atoms with Crippen molar-refractivity contribution in [2.24, 2.45) is 0 Å². The number of sulfonamides is 1. The number of fused-ring (bicyclic) bond motifs is 1. The van der Waals surface area contributed by atoms with Crippen molar-refractivity contribution in [3.63, 3.8) is 0 Å². The molecule has 3 aromatic rings. The number of carbonyl (C=O) groups excluding carboxylic acids is 2. The molecule has 0 spiro atoms. The Kier molecular flexibility index (Phi) is 8.06. The van der Waals surface area contributed by atoms with E-state index in [2.05, 4.69) is 5.32 Å². The number of morpholine rings is 1. The number of carbonyl (C=O) groups is 2. The van der Waals surface area contributed by atoms with E-state index in [4.69, 9.17) is 14.2 Å². The molecule has 210 valence electrons. The van der Waals surface area contributed by atoms with Gasteiger partial charge in [-0.1, -0.05) is 12.1 Å². The second-order valence-electron chi connectivity index (χ2n) is 9.59. The SMILES string of the molecule is Cc1cccc(OCCN2C(=O)C(C)Oc3cc(NC(=O)c4ccc(S(=O)(=O)N5CCOCC5)cc4)ccc32)c1. The van der Waals surface area contributed by atoms with Crippen molar-refractivity contribution in [2.45, 2.75) is 24.8 Å². The molecule has 1 N–H and O–H groups in total. The average Bonchev–Trinajstić information content (AvgIpc) is 2.95. The first-order valence-corrected chi connectivity index (χ1v) is 14.5. The van der Waals surface area contributed by atoms with Gasteiger partial charge < -0.3 is 24.4 Å².